The molecular weight excluding hydrogens is 309 g/mol. The van der Waals surface area contributed by atoms with Gasteiger partial charge in [0, 0.05) is 0 Å². The molecule has 3 N–H and O–H groups in total. The molecule has 2 aromatic rings. The van der Waals surface area contributed by atoms with Gasteiger partial charge in [-0.2, -0.15) is 4.98 Å². The number of nitrogens with one attached hydrogen (secondary N) is 1. The number of hydrazine groups is 1. The average Bonchev–Trinajstić information content (AvgIpc) is 2.49. The predicted octanol–water partition coefficient (Wildman–Crippen LogP) is 4.81. The quantitative estimate of drug-likeness (QED) is 0.591. The molecule has 1 heterocycles. The fourth-order valence-corrected chi connectivity index (χ4v) is 2.29. The van der Waals surface area contributed by atoms with E-state index in [0.717, 1.165) is 6.42 Å². The molecule has 0 amide bonds. The van der Waals surface area contributed by atoms with Crippen molar-refractivity contribution >= 4 is 29.0 Å². The lowest BCUT2D eigenvalue weighted by atomic mass is 10.1. The molecule has 0 unspecified atom stereocenters. The molecule has 2 rings (SSSR count). The van der Waals surface area contributed by atoms with Gasteiger partial charge in [-0.1, -0.05) is 48.7 Å². The summed E-state index contributed by atoms with van der Waals surface area (Å²) in [6, 6.07) is 9.41. The van der Waals surface area contributed by atoms with Crippen LogP contribution in [0.4, 0.5) is 5.82 Å². The summed E-state index contributed by atoms with van der Waals surface area (Å²) < 4.78 is 5.67. The SMILES string of the molecule is CCCCc1ccc(Oc2nc(NN)c(Cl)cc2Cl)cc1. The van der Waals surface area contributed by atoms with E-state index in [9.17, 15) is 0 Å². The number of rotatable bonds is 6. The van der Waals surface area contributed by atoms with Gasteiger partial charge in [0.1, 0.15) is 10.8 Å². The number of nitrogens with zero attached hydrogens (tertiary/aromatic N) is 1. The van der Waals surface area contributed by atoms with E-state index in [0.29, 0.717) is 21.6 Å². The number of halogens is 2. The molecule has 4 nitrogen and oxygen atoms in total. The van der Waals surface area contributed by atoms with E-state index < -0.39 is 0 Å². The minimum absolute atomic E-state index is 0.260. The fraction of sp³-hybridized carbons (Fsp3) is 0.267. The Morgan fingerprint density at radius 2 is 1.90 bits per heavy atom. The molecule has 0 aliphatic heterocycles. The summed E-state index contributed by atoms with van der Waals surface area (Å²) in [5.74, 6) is 6.57. The van der Waals surface area contributed by atoms with Gasteiger partial charge in [0.2, 0.25) is 5.88 Å². The normalized spacial score (nSPS) is 10.5. The first-order valence-corrected chi connectivity index (χ1v) is 7.49. The molecule has 0 aliphatic rings. The van der Waals surface area contributed by atoms with Crippen molar-refractivity contribution in [3.05, 3.63) is 45.9 Å². The van der Waals surface area contributed by atoms with Crippen molar-refractivity contribution in [1.82, 2.24) is 4.98 Å². The van der Waals surface area contributed by atoms with Crippen molar-refractivity contribution in [2.45, 2.75) is 26.2 Å². The Hall–Kier alpha value is -1.49. The molecular formula is C15H17Cl2N3O. The maximum Gasteiger partial charge on any atom is 0.240 e. The van der Waals surface area contributed by atoms with Crippen LogP contribution in [0.25, 0.3) is 0 Å². The number of benzene rings is 1. The number of aryl methyl sites for hydroxylation is 1. The number of anilines is 1. The highest BCUT2D eigenvalue weighted by Gasteiger charge is 2.10. The smallest absolute Gasteiger partial charge is 0.240 e. The zero-order valence-corrected chi connectivity index (χ0v) is 13.2. The topological polar surface area (TPSA) is 60.2 Å². The lowest BCUT2D eigenvalue weighted by molar-refractivity contribution is 0.463. The van der Waals surface area contributed by atoms with Gasteiger partial charge < -0.3 is 10.2 Å². The van der Waals surface area contributed by atoms with E-state index in [2.05, 4.69) is 17.3 Å². The van der Waals surface area contributed by atoms with Crippen LogP contribution in [0.3, 0.4) is 0 Å². The molecule has 0 radical (unpaired) electrons. The molecule has 0 aliphatic carbocycles. The van der Waals surface area contributed by atoms with Crippen LogP contribution in [-0.4, -0.2) is 4.98 Å². The highest BCUT2D eigenvalue weighted by molar-refractivity contribution is 6.36. The van der Waals surface area contributed by atoms with Gasteiger partial charge in [-0.05, 0) is 36.6 Å². The second-order valence-electron chi connectivity index (χ2n) is 4.60. The third-order valence-corrected chi connectivity index (χ3v) is 3.55. The standard InChI is InChI=1S/C15H17Cl2N3O/c1-2-3-4-10-5-7-11(8-6-10)21-15-13(17)9-12(16)14(19-15)20-18/h5-9H,2-4,18H2,1H3,(H,19,20). The zero-order chi connectivity index (χ0) is 15.2. The monoisotopic (exact) mass is 325 g/mol. The van der Waals surface area contributed by atoms with Gasteiger partial charge in [-0.15, -0.1) is 0 Å². The number of hydrogen-bond donors (Lipinski definition) is 2. The van der Waals surface area contributed by atoms with E-state index in [-0.39, 0.29) is 5.88 Å². The largest absolute Gasteiger partial charge is 0.437 e. The molecule has 0 bridgehead atoms. The molecule has 0 saturated carbocycles. The van der Waals surface area contributed by atoms with Crippen molar-refractivity contribution in [2.75, 3.05) is 5.43 Å². The number of pyridine rings is 1. The minimum atomic E-state index is 0.260. The summed E-state index contributed by atoms with van der Waals surface area (Å²) >= 11 is 12.0. The first-order chi connectivity index (χ1) is 10.1. The van der Waals surface area contributed by atoms with Crippen LogP contribution >= 0.6 is 23.2 Å². The van der Waals surface area contributed by atoms with E-state index in [1.165, 1.54) is 24.5 Å². The Morgan fingerprint density at radius 3 is 2.52 bits per heavy atom. The van der Waals surface area contributed by atoms with Gasteiger partial charge in [-0.25, -0.2) is 5.84 Å². The zero-order valence-electron chi connectivity index (χ0n) is 11.7. The second kappa shape index (κ2) is 7.50. The summed E-state index contributed by atoms with van der Waals surface area (Å²) in [4.78, 5) is 4.14. The van der Waals surface area contributed by atoms with Crippen molar-refractivity contribution in [3.8, 4) is 11.6 Å². The molecule has 1 aromatic carbocycles. The predicted molar refractivity (Wildman–Crippen MR) is 87.2 cm³/mol. The molecule has 21 heavy (non-hydrogen) atoms. The van der Waals surface area contributed by atoms with E-state index >= 15 is 0 Å². The van der Waals surface area contributed by atoms with Crippen molar-refractivity contribution in [2.24, 2.45) is 5.84 Å². The summed E-state index contributed by atoms with van der Waals surface area (Å²) in [6.07, 6.45) is 3.42. The number of nitrogen functional groups attached to an aromatic ring is 1. The van der Waals surface area contributed by atoms with Crippen LogP contribution in [0.5, 0.6) is 11.6 Å². The van der Waals surface area contributed by atoms with Crippen LogP contribution in [-0.2, 0) is 6.42 Å². The lowest BCUT2D eigenvalue weighted by Crippen LogP contribution is -2.09. The maximum absolute atomic E-state index is 6.07. The minimum Gasteiger partial charge on any atom is -0.437 e. The summed E-state index contributed by atoms with van der Waals surface area (Å²) in [6.45, 7) is 2.18. The molecule has 0 spiro atoms. The molecule has 0 atom stereocenters. The number of nitrogens with two attached hydrogens (primary N) is 1. The summed E-state index contributed by atoms with van der Waals surface area (Å²) in [7, 11) is 0. The van der Waals surface area contributed by atoms with Crippen LogP contribution < -0.4 is 16.0 Å². The summed E-state index contributed by atoms with van der Waals surface area (Å²) in [5.41, 5.74) is 3.68. The first-order valence-electron chi connectivity index (χ1n) is 6.73. The Balaban J connectivity index is 2.14. The van der Waals surface area contributed by atoms with Gasteiger partial charge in [0.25, 0.3) is 0 Å². The van der Waals surface area contributed by atoms with Crippen LogP contribution in [0.2, 0.25) is 10.0 Å². The number of hydrogen-bond acceptors (Lipinski definition) is 4. The molecule has 6 heteroatoms. The fourth-order valence-electron chi connectivity index (χ4n) is 1.84. The number of ether oxygens (including phenoxy) is 1. The van der Waals surface area contributed by atoms with Crippen molar-refractivity contribution in [1.29, 1.82) is 0 Å². The Labute approximate surface area is 134 Å². The van der Waals surface area contributed by atoms with Crippen LogP contribution in [0.1, 0.15) is 25.3 Å². The first kappa shape index (κ1) is 15.9. The lowest BCUT2D eigenvalue weighted by Gasteiger charge is -2.10. The van der Waals surface area contributed by atoms with Crippen molar-refractivity contribution < 1.29 is 4.74 Å². The van der Waals surface area contributed by atoms with Crippen LogP contribution in [0, 0.1) is 0 Å². The van der Waals surface area contributed by atoms with E-state index in [1.807, 2.05) is 24.3 Å². The molecule has 1 aromatic heterocycles. The summed E-state index contributed by atoms with van der Waals surface area (Å²) in [5, 5.41) is 0.666. The Morgan fingerprint density at radius 1 is 1.19 bits per heavy atom. The van der Waals surface area contributed by atoms with Gasteiger partial charge in [0.05, 0.1) is 5.02 Å². The molecule has 112 valence electrons. The maximum atomic E-state index is 6.07. The molecule has 0 fully saturated rings. The molecule has 0 saturated heterocycles. The van der Waals surface area contributed by atoms with Crippen LogP contribution in [0.15, 0.2) is 30.3 Å². The number of unbranched alkanes of at least 4 members (excludes halogenated alkanes) is 1. The Kier molecular flexibility index (Phi) is 5.67. The highest BCUT2D eigenvalue weighted by atomic mass is 35.5. The third-order valence-electron chi connectivity index (χ3n) is 2.99. The van der Waals surface area contributed by atoms with Gasteiger partial charge >= 0.3 is 0 Å². The third kappa shape index (κ3) is 4.24. The van der Waals surface area contributed by atoms with Gasteiger partial charge in [0.15, 0.2) is 5.82 Å². The number of aromatic nitrogens is 1. The Bertz CT molecular complexity index is 603. The second-order valence-corrected chi connectivity index (χ2v) is 5.41. The van der Waals surface area contributed by atoms with Crippen molar-refractivity contribution in [3.63, 3.8) is 0 Å². The van der Waals surface area contributed by atoms with Gasteiger partial charge in [-0.3, -0.25) is 0 Å². The average molecular weight is 326 g/mol. The highest BCUT2D eigenvalue weighted by Crippen LogP contribution is 2.33. The van der Waals surface area contributed by atoms with E-state index in [4.69, 9.17) is 33.8 Å². The van der Waals surface area contributed by atoms with E-state index in [1.54, 1.807) is 0 Å².